The van der Waals surface area contributed by atoms with Gasteiger partial charge in [-0.25, -0.2) is 19.9 Å². The zero-order valence-electron chi connectivity index (χ0n) is 60.1. The highest BCUT2D eigenvalue weighted by molar-refractivity contribution is 9.10. The predicted molar refractivity (Wildman–Crippen MR) is 408 cm³/mol. The molecule has 12 rings (SSSR count). The van der Waals surface area contributed by atoms with Crippen LogP contribution >= 0.6 is 15.9 Å². The summed E-state index contributed by atoms with van der Waals surface area (Å²) in [5.41, 5.74) is 21.7. The molecule has 0 aliphatic heterocycles. The van der Waals surface area contributed by atoms with Crippen molar-refractivity contribution in [3.63, 3.8) is 0 Å². The smallest absolute Gasteiger partial charge is 0.144 e. The molecule has 12 aromatic rings. The molecule has 0 saturated heterocycles. The van der Waals surface area contributed by atoms with Gasteiger partial charge in [-0.05, 0) is 177 Å². The van der Waals surface area contributed by atoms with Gasteiger partial charge in [-0.2, -0.15) is 0 Å². The van der Waals surface area contributed by atoms with Gasteiger partial charge < -0.3 is 9.84 Å². The maximum Gasteiger partial charge on any atom is 0.144 e. The van der Waals surface area contributed by atoms with Crippen LogP contribution in [0, 0.1) is 13.8 Å². The molecule has 0 radical (unpaired) electrons. The molecule has 10 nitrogen and oxygen atoms in total. The highest BCUT2D eigenvalue weighted by Gasteiger charge is 2.24. The van der Waals surface area contributed by atoms with Crippen molar-refractivity contribution >= 4 is 15.9 Å². The van der Waals surface area contributed by atoms with Crippen molar-refractivity contribution in [1.29, 1.82) is 0 Å². The summed E-state index contributed by atoms with van der Waals surface area (Å²) in [6, 6.07) is 55.0. The number of nitrogens with zero attached hydrogens (tertiary/aromatic N) is 8. The summed E-state index contributed by atoms with van der Waals surface area (Å²) in [5.74, 6) is 8.68. The van der Waals surface area contributed by atoms with Crippen LogP contribution in [0.2, 0.25) is 0 Å². The van der Waals surface area contributed by atoms with Crippen molar-refractivity contribution in [2.45, 2.75) is 172 Å². The number of aromatic hydroxyl groups is 1. The van der Waals surface area contributed by atoms with Gasteiger partial charge in [-0.3, -0.25) is 18.3 Å². The maximum absolute atomic E-state index is 10.0. The molecule has 0 unspecified atom stereocenters. The van der Waals surface area contributed by atoms with Gasteiger partial charge in [0.05, 0.1) is 22.7 Å². The average molecular weight is 1350 g/mol. The third-order valence-corrected chi connectivity index (χ3v) is 18.4. The summed E-state index contributed by atoms with van der Waals surface area (Å²) >= 11 is 3.57. The third kappa shape index (κ3) is 15.7. The van der Waals surface area contributed by atoms with Gasteiger partial charge in [0.2, 0.25) is 0 Å². The fraction of sp³-hybridized carbons (Fsp3) is 0.302. The highest BCUT2D eigenvalue weighted by Crippen LogP contribution is 2.41. The zero-order chi connectivity index (χ0) is 69.5. The molecule has 11 heteroatoms. The molecule has 0 bridgehead atoms. The van der Waals surface area contributed by atoms with E-state index < -0.39 is 0 Å². The van der Waals surface area contributed by atoms with Gasteiger partial charge >= 0.3 is 0 Å². The van der Waals surface area contributed by atoms with E-state index in [1.54, 1.807) is 12.1 Å². The number of phenolic OH excluding ortho intramolecular Hbond substituents is 1. The summed E-state index contributed by atoms with van der Waals surface area (Å²) in [6.45, 7) is 40.0. The first-order valence-electron chi connectivity index (χ1n) is 34.5. The van der Waals surface area contributed by atoms with Crippen LogP contribution in [0.25, 0.3) is 68.3 Å². The number of imidazole rings is 4. The van der Waals surface area contributed by atoms with Crippen LogP contribution in [0.15, 0.2) is 212 Å². The van der Waals surface area contributed by atoms with Crippen LogP contribution in [0.5, 0.6) is 17.2 Å². The number of aromatic nitrogens is 8. The first-order valence-corrected chi connectivity index (χ1v) is 35.3. The second kappa shape index (κ2) is 30.8. The lowest BCUT2D eigenvalue weighted by Gasteiger charge is -2.22. The lowest BCUT2D eigenvalue weighted by molar-refractivity contribution is 0.475. The quantitative estimate of drug-likeness (QED) is 0.0919. The molecule has 500 valence electrons. The van der Waals surface area contributed by atoms with E-state index >= 15 is 0 Å². The number of halogens is 1. The first kappa shape index (κ1) is 70.5. The SMILES string of the molecule is CC(C)c1cccc(C(C)C)c1-n1ccnc1-c1cccc(Br)c1.Cc1cc(O)cc(-c2nccn2-c2c(C(C)C)cccc2C(C)C)c1.Cc1cc(Oc2cccc(-c3nccn3-c3c(C(C)C)cccc3C(C)C)c2)cc(-c2nccn2-c2c(C(C)C)cccc2C(C)C)c1. The zero-order valence-corrected chi connectivity index (χ0v) is 61.6. The van der Waals surface area contributed by atoms with E-state index in [0.717, 1.165) is 72.7 Å². The van der Waals surface area contributed by atoms with E-state index in [-0.39, 0.29) is 5.75 Å². The standard InChI is InChI=1S/C43H48N4O.C22H26N2O.C21H23BrN2/c1-27(2)36-15-11-16-37(28(3)4)40(36)46-21-19-44-42(46)32-13-10-14-34(25-32)48-35-24-31(9)23-33(26-35)43-45-20-22-47(43)41-38(29(5)6)17-12-18-39(41)30(7)8;1-14(2)19-7-6-8-20(15(3)4)21(19)24-10-9-23-22(24)17-11-16(5)12-18(25)13-17;1-14(2)18-9-6-10-19(15(3)4)20(18)24-12-11-23-21(24)16-7-5-8-17(22)13-16/h10-30H,1-9H3;6-15,25H,1-5H3;5-15H,1-4H3. The first-order chi connectivity index (χ1) is 46.4. The third-order valence-electron chi connectivity index (χ3n) is 17.9. The molecule has 4 heterocycles. The monoisotopic (exact) mass is 1350 g/mol. The van der Waals surface area contributed by atoms with Gasteiger partial charge in [0.15, 0.2) is 0 Å². The second-order valence-corrected chi connectivity index (χ2v) is 29.0. The number of benzene rings is 8. The van der Waals surface area contributed by atoms with Crippen LogP contribution < -0.4 is 4.74 Å². The van der Waals surface area contributed by atoms with Crippen molar-refractivity contribution in [1.82, 2.24) is 38.2 Å². The second-order valence-electron chi connectivity index (χ2n) is 28.1. The Morgan fingerprint density at radius 1 is 0.309 bits per heavy atom. The fourth-order valence-electron chi connectivity index (χ4n) is 13.2. The lowest BCUT2D eigenvalue weighted by atomic mass is 9.92. The van der Waals surface area contributed by atoms with Crippen LogP contribution in [0.4, 0.5) is 0 Å². The Labute approximate surface area is 585 Å². The van der Waals surface area contributed by atoms with Gasteiger partial charge in [0.25, 0.3) is 0 Å². The van der Waals surface area contributed by atoms with Crippen LogP contribution in [0.3, 0.4) is 0 Å². The summed E-state index contributed by atoms with van der Waals surface area (Å²) in [4.78, 5) is 19.0. The van der Waals surface area contributed by atoms with E-state index in [1.807, 2.05) is 56.1 Å². The predicted octanol–water partition coefficient (Wildman–Crippen LogP) is 24.3. The molecular weight excluding hydrogens is 1260 g/mol. The molecule has 8 aromatic carbocycles. The average Bonchev–Trinajstić information content (AvgIpc) is 1.76. The molecule has 0 aliphatic rings. The van der Waals surface area contributed by atoms with Crippen molar-refractivity contribution in [3.05, 3.63) is 267 Å². The number of phenols is 1. The largest absolute Gasteiger partial charge is 0.508 e. The van der Waals surface area contributed by atoms with E-state index in [1.165, 1.54) is 67.3 Å². The summed E-state index contributed by atoms with van der Waals surface area (Å²) < 4.78 is 16.6. The Kier molecular flexibility index (Phi) is 22.4. The number of aryl methyl sites for hydroxylation is 2. The number of para-hydroxylation sites is 4. The van der Waals surface area contributed by atoms with E-state index in [9.17, 15) is 5.11 Å². The topological polar surface area (TPSA) is 101 Å². The van der Waals surface area contributed by atoms with Crippen LogP contribution in [0.1, 0.15) is 214 Å². The van der Waals surface area contributed by atoms with Crippen molar-refractivity contribution in [2.75, 3.05) is 0 Å². The van der Waals surface area contributed by atoms with Crippen LogP contribution in [-0.4, -0.2) is 43.3 Å². The summed E-state index contributed by atoms with van der Waals surface area (Å²) in [5, 5.41) is 10.0. The molecule has 0 saturated carbocycles. The highest BCUT2D eigenvalue weighted by atomic mass is 79.9. The molecule has 97 heavy (non-hydrogen) atoms. The Hall–Kier alpha value is -9.32. The molecule has 0 fully saturated rings. The summed E-state index contributed by atoms with van der Waals surface area (Å²) in [7, 11) is 0. The molecule has 0 spiro atoms. The molecule has 4 aromatic heterocycles. The number of ether oxygens (including phenoxy) is 1. The van der Waals surface area contributed by atoms with Crippen LogP contribution in [-0.2, 0) is 0 Å². The van der Waals surface area contributed by atoms with E-state index in [4.69, 9.17) is 14.7 Å². The van der Waals surface area contributed by atoms with Crippen molar-refractivity contribution < 1.29 is 9.84 Å². The molecule has 1 N–H and O–H groups in total. The van der Waals surface area contributed by atoms with Gasteiger partial charge in [-0.1, -0.05) is 224 Å². The minimum absolute atomic E-state index is 0.269. The number of hydrogen-bond donors (Lipinski definition) is 1. The number of hydrogen-bond acceptors (Lipinski definition) is 6. The Morgan fingerprint density at radius 3 is 0.907 bits per heavy atom. The summed E-state index contributed by atoms with van der Waals surface area (Å²) in [6.07, 6.45) is 15.7. The Bertz CT molecular complexity index is 4540. The van der Waals surface area contributed by atoms with E-state index in [2.05, 4.69) is 308 Å². The van der Waals surface area contributed by atoms with Gasteiger partial charge in [-0.15, -0.1) is 0 Å². The maximum atomic E-state index is 10.0. The minimum Gasteiger partial charge on any atom is -0.508 e. The van der Waals surface area contributed by atoms with Gasteiger partial charge in [0, 0.05) is 76.3 Å². The normalized spacial score (nSPS) is 11.6. The Balaban J connectivity index is 0.000000175. The fourth-order valence-corrected chi connectivity index (χ4v) is 13.6. The molecular formula is C86H97BrN8O2. The molecule has 0 aliphatic carbocycles. The molecule has 0 atom stereocenters. The van der Waals surface area contributed by atoms with Crippen molar-refractivity contribution in [3.8, 4) is 85.5 Å². The Morgan fingerprint density at radius 2 is 0.588 bits per heavy atom. The van der Waals surface area contributed by atoms with Gasteiger partial charge in [0.1, 0.15) is 40.5 Å². The number of rotatable bonds is 18. The van der Waals surface area contributed by atoms with E-state index in [0.29, 0.717) is 47.3 Å². The minimum atomic E-state index is 0.269. The lowest BCUT2D eigenvalue weighted by Crippen LogP contribution is -2.08. The molecule has 0 amide bonds. The van der Waals surface area contributed by atoms with Crippen molar-refractivity contribution in [2.24, 2.45) is 0 Å².